The molecular weight excluding hydrogens is 1300 g/mol. The number of nitrogens with one attached hydrogen (secondary N) is 7. The highest BCUT2D eigenvalue weighted by atomic mass is 16.7. The molecule has 3 heterocycles. The monoisotopic (exact) mass is 1400 g/mol. The van der Waals surface area contributed by atoms with Crippen LogP contribution in [0.5, 0.6) is 0 Å². The fourth-order valence-electron chi connectivity index (χ4n) is 10.0. The van der Waals surface area contributed by atoms with Crippen molar-refractivity contribution in [2.24, 2.45) is 0 Å². The zero-order valence-corrected chi connectivity index (χ0v) is 55.1. The van der Waals surface area contributed by atoms with Gasteiger partial charge in [0.05, 0.1) is 138 Å². The van der Waals surface area contributed by atoms with Crippen molar-refractivity contribution in [2.45, 2.75) is 145 Å². The minimum absolute atomic E-state index is 0.00616. The summed E-state index contributed by atoms with van der Waals surface area (Å²) in [4.78, 5) is 90.7. The van der Waals surface area contributed by atoms with E-state index in [1.807, 2.05) is 30.3 Å². The lowest BCUT2D eigenvalue weighted by atomic mass is 9.97. The van der Waals surface area contributed by atoms with Crippen LogP contribution in [0, 0.1) is 0 Å². The third-order valence-electron chi connectivity index (χ3n) is 14.9. The lowest BCUT2D eigenvalue weighted by molar-refractivity contribution is -0.272. The summed E-state index contributed by atoms with van der Waals surface area (Å²) < 4.78 is 72.5. The normalized spacial score (nSPS) is 25.9. The van der Waals surface area contributed by atoms with Gasteiger partial charge in [0.25, 0.3) is 0 Å². The standard InChI is InChI=1S/C60H102N8O29/c1-37(72)65-47-53(80)50(77)42(33-69)95-57(47)91-28-25-88-22-19-85-16-13-61-45(75)31-68(32-46(76)62-14-17-86-20-23-89-26-29-92-58-48(66-38(2)73)54(81)51(78)43(34-70)96-58)41(11-7-8-12-64-60(84)94-36-40-9-5-4-6-10-40)56(83)63-15-18-87-21-24-90-27-30-93-59-49(67-39(3)74)55(82)52(79)44(35-71)97-59/h4-6,9-10,41-44,47-55,57-59,69-71,77-82H,7-8,11-36H2,1-3H3,(H,61,75)(H,62,76)(H,63,83)(H,64,84)(H,65,72)(H,66,73)(H,67,74)/t41?,42-,43-,44-,47-,48-,49-,50+,51+,52+,53-,54-,55-,57-,58-,59-/m0/s1. The van der Waals surface area contributed by atoms with Gasteiger partial charge in [0, 0.05) is 47.0 Å². The van der Waals surface area contributed by atoms with Crippen LogP contribution in [0.1, 0.15) is 45.6 Å². The Kier molecular flexibility index (Phi) is 41.7. The van der Waals surface area contributed by atoms with Gasteiger partial charge in [-0.15, -0.1) is 0 Å². The molecule has 37 heteroatoms. The summed E-state index contributed by atoms with van der Waals surface area (Å²) in [6.45, 7) is 1.64. The summed E-state index contributed by atoms with van der Waals surface area (Å²) in [6.07, 6.45) is -15.8. The molecule has 37 nitrogen and oxygen atoms in total. The molecule has 4 rings (SSSR count). The molecule has 3 aliphatic rings. The first kappa shape index (κ1) is 83.8. The van der Waals surface area contributed by atoms with E-state index in [9.17, 15) is 79.5 Å². The maximum Gasteiger partial charge on any atom is 0.407 e. The van der Waals surface area contributed by atoms with E-state index >= 15 is 0 Å². The largest absolute Gasteiger partial charge is 0.445 e. The Morgan fingerprint density at radius 3 is 1.15 bits per heavy atom. The van der Waals surface area contributed by atoms with E-state index in [2.05, 4.69) is 37.2 Å². The molecule has 0 spiro atoms. The van der Waals surface area contributed by atoms with Crippen LogP contribution in [0.2, 0.25) is 0 Å². The molecule has 556 valence electrons. The summed E-state index contributed by atoms with van der Waals surface area (Å²) in [6, 6.07) is 4.62. The molecule has 16 atom stereocenters. The average molecular weight is 1400 g/mol. The van der Waals surface area contributed by atoms with Crippen molar-refractivity contribution in [3.63, 3.8) is 0 Å². The highest BCUT2D eigenvalue weighted by Gasteiger charge is 2.48. The minimum Gasteiger partial charge on any atom is -0.445 e. The number of aliphatic hydroxyl groups is 9. The fourth-order valence-corrected chi connectivity index (χ4v) is 10.0. The maximum atomic E-state index is 14.2. The first-order valence-electron chi connectivity index (χ1n) is 32.2. The fraction of sp³-hybridized carbons (Fsp3) is 0.783. The molecule has 3 saturated heterocycles. The van der Waals surface area contributed by atoms with Crippen molar-refractivity contribution >= 4 is 41.5 Å². The molecule has 7 amide bonds. The van der Waals surface area contributed by atoms with Gasteiger partial charge in [-0.1, -0.05) is 30.3 Å². The van der Waals surface area contributed by atoms with E-state index in [1.165, 1.54) is 25.7 Å². The molecule has 3 fully saturated rings. The second-order valence-electron chi connectivity index (χ2n) is 22.5. The number of benzene rings is 1. The summed E-state index contributed by atoms with van der Waals surface area (Å²) >= 11 is 0. The number of amides is 7. The Balaban J connectivity index is 1.30. The average Bonchev–Trinajstić information content (AvgIpc) is 0.834. The Morgan fingerprint density at radius 2 is 0.794 bits per heavy atom. The first-order valence-corrected chi connectivity index (χ1v) is 32.2. The first-order chi connectivity index (χ1) is 46.7. The molecule has 97 heavy (non-hydrogen) atoms. The number of hydrogen-bond acceptors (Lipinski definition) is 30. The van der Waals surface area contributed by atoms with E-state index in [1.54, 1.807) is 0 Å². The molecule has 1 unspecified atom stereocenters. The van der Waals surface area contributed by atoms with E-state index in [4.69, 9.17) is 61.6 Å². The molecule has 0 saturated carbocycles. The Bertz CT molecular complexity index is 2320. The number of ether oxygens (including phenoxy) is 13. The molecular formula is C60H102N8O29. The quantitative estimate of drug-likeness (QED) is 0.0269. The Hall–Kier alpha value is -5.57. The van der Waals surface area contributed by atoms with Crippen molar-refractivity contribution in [3.05, 3.63) is 35.9 Å². The highest BCUT2D eigenvalue weighted by molar-refractivity contribution is 5.86. The summed E-state index contributed by atoms with van der Waals surface area (Å²) in [5.74, 6) is -3.20. The van der Waals surface area contributed by atoms with Crippen molar-refractivity contribution in [2.75, 3.05) is 158 Å². The lowest BCUT2D eigenvalue weighted by Crippen LogP contribution is -2.64. The summed E-state index contributed by atoms with van der Waals surface area (Å²) in [5, 5.41) is 109. The molecule has 1 aromatic rings. The van der Waals surface area contributed by atoms with Gasteiger partial charge in [0.2, 0.25) is 35.4 Å². The predicted octanol–water partition coefficient (Wildman–Crippen LogP) is -7.92. The number of alkyl carbamates (subject to hydrolysis) is 1. The van der Waals surface area contributed by atoms with Gasteiger partial charge in [0.15, 0.2) is 18.9 Å². The molecule has 0 radical (unpaired) electrons. The van der Waals surface area contributed by atoms with Gasteiger partial charge in [-0.25, -0.2) is 4.79 Å². The number of hydrogen-bond donors (Lipinski definition) is 16. The zero-order valence-electron chi connectivity index (χ0n) is 55.1. The molecule has 0 aliphatic carbocycles. The van der Waals surface area contributed by atoms with Crippen molar-refractivity contribution in [3.8, 4) is 0 Å². The summed E-state index contributed by atoms with van der Waals surface area (Å²) in [5.41, 5.74) is 0.789. The molecule has 3 aliphatic heterocycles. The van der Waals surface area contributed by atoms with Crippen LogP contribution in [0.25, 0.3) is 0 Å². The second kappa shape index (κ2) is 48.3. The van der Waals surface area contributed by atoms with Crippen LogP contribution in [0.3, 0.4) is 0 Å². The van der Waals surface area contributed by atoms with Crippen molar-refractivity contribution in [1.29, 1.82) is 0 Å². The number of nitrogens with zero attached hydrogens (tertiary/aromatic N) is 1. The number of carbonyl (C=O) groups excluding carboxylic acids is 7. The van der Waals surface area contributed by atoms with Crippen molar-refractivity contribution in [1.82, 2.24) is 42.1 Å². The minimum atomic E-state index is -1.48. The Morgan fingerprint density at radius 1 is 0.443 bits per heavy atom. The topological polar surface area (TPSA) is 509 Å². The van der Waals surface area contributed by atoms with Crippen LogP contribution in [0.15, 0.2) is 30.3 Å². The van der Waals surface area contributed by atoms with Gasteiger partial charge in [-0.05, 0) is 24.8 Å². The number of aliphatic hydroxyl groups excluding tert-OH is 9. The van der Waals surface area contributed by atoms with E-state index in [-0.39, 0.29) is 138 Å². The van der Waals surface area contributed by atoms with Gasteiger partial charge >= 0.3 is 6.09 Å². The third kappa shape index (κ3) is 32.1. The van der Waals surface area contributed by atoms with Gasteiger partial charge in [0.1, 0.15) is 79.7 Å². The van der Waals surface area contributed by atoms with Gasteiger partial charge < -0.3 is 145 Å². The number of carbonyl (C=O) groups is 7. The van der Waals surface area contributed by atoms with Gasteiger partial charge in [-0.3, -0.25) is 33.7 Å². The highest BCUT2D eigenvalue weighted by Crippen LogP contribution is 2.25. The lowest BCUT2D eigenvalue weighted by Gasteiger charge is -2.42. The number of rotatable bonds is 49. The third-order valence-corrected chi connectivity index (χ3v) is 14.9. The smallest absolute Gasteiger partial charge is 0.407 e. The summed E-state index contributed by atoms with van der Waals surface area (Å²) in [7, 11) is 0. The van der Waals surface area contributed by atoms with Crippen LogP contribution in [-0.2, 0) is 97.0 Å². The number of unbranched alkanes of at least 4 members (excludes halogenated alkanes) is 1. The van der Waals surface area contributed by atoms with Crippen LogP contribution < -0.4 is 37.2 Å². The Labute approximate surface area is 561 Å². The predicted molar refractivity (Wildman–Crippen MR) is 332 cm³/mol. The van der Waals surface area contributed by atoms with E-state index in [0.717, 1.165) is 5.56 Å². The maximum absolute atomic E-state index is 14.2. The zero-order chi connectivity index (χ0) is 70.9. The molecule has 16 N–H and O–H groups in total. The van der Waals surface area contributed by atoms with Crippen LogP contribution >= 0.6 is 0 Å². The molecule has 1 aromatic carbocycles. The van der Waals surface area contributed by atoms with E-state index < -0.39 is 172 Å². The van der Waals surface area contributed by atoms with Gasteiger partial charge in [-0.2, -0.15) is 0 Å². The van der Waals surface area contributed by atoms with Crippen molar-refractivity contribution < 1.29 is 141 Å². The van der Waals surface area contributed by atoms with Crippen LogP contribution in [-0.4, -0.2) is 349 Å². The second-order valence-corrected chi connectivity index (χ2v) is 22.5. The van der Waals surface area contributed by atoms with Crippen LogP contribution in [0.4, 0.5) is 4.79 Å². The van der Waals surface area contributed by atoms with E-state index in [0.29, 0.717) is 12.8 Å². The SMILES string of the molecule is CC(=O)N[C@@H]1[C@@H](OCCOCCOCCNC(=O)CN(CC(=O)NCCOCCOCCO[C@H]2O[C@@H](CO)[C@@H](O)[C@@H](O)[C@@H]2NC(C)=O)C(CCCCNC(=O)OCc2ccccc2)C(=O)NCCOCCOCCO[C@H]2O[C@@H](CO)[C@@H](O)[C@@H](O)[C@@H]2NC(C)=O)O[C@@H](CO)[C@@H](O)[C@H]1O. The molecule has 0 bridgehead atoms. The molecule has 0 aromatic heterocycles.